The third-order valence-electron chi connectivity index (χ3n) is 4.90. The Balaban J connectivity index is 1.88. The number of hydrogen-bond donors (Lipinski definition) is 1. The Hall–Kier alpha value is -3.17. The van der Waals surface area contributed by atoms with Crippen LogP contribution in [0.3, 0.4) is 0 Å². The smallest absolute Gasteiger partial charge is 0.387 e. The molecule has 1 atom stereocenters. The van der Waals surface area contributed by atoms with Crippen molar-refractivity contribution >= 4 is 10.0 Å². The fourth-order valence-corrected chi connectivity index (χ4v) is 4.31. The van der Waals surface area contributed by atoms with E-state index in [1.807, 2.05) is 12.1 Å². The number of nitrogens with two attached hydrogens (primary N) is 1. The van der Waals surface area contributed by atoms with Crippen LogP contribution in [-0.2, 0) is 15.8 Å². The Bertz CT molecular complexity index is 1210. The van der Waals surface area contributed by atoms with Gasteiger partial charge in [0, 0.05) is 5.56 Å². The fourth-order valence-electron chi connectivity index (χ4n) is 3.66. The second-order valence-electron chi connectivity index (χ2n) is 7.01. The first-order valence-electron chi connectivity index (χ1n) is 9.27. The van der Waals surface area contributed by atoms with Gasteiger partial charge in [-0.15, -0.1) is 0 Å². The summed E-state index contributed by atoms with van der Waals surface area (Å²) in [5.41, 5.74) is 2.84. The summed E-state index contributed by atoms with van der Waals surface area (Å²) in [6.07, 6.45) is -0.601. The van der Waals surface area contributed by atoms with E-state index in [4.69, 9.17) is 19.3 Å². The summed E-state index contributed by atoms with van der Waals surface area (Å²) in [4.78, 5) is 0. The van der Waals surface area contributed by atoms with Crippen molar-refractivity contribution < 1.29 is 31.4 Å². The van der Waals surface area contributed by atoms with Crippen molar-refractivity contribution in [2.24, 2.45) is 5.14 Å². The van der Waals surface area contributed by atoms with Gasteiger partial charge in [0.2, 0.25) is 10.0 Å². The van der Waals surface area contributed by atoms with E-state index in [1.165, 1.54) is 6.07 Å². The molecule has 162 valence electrons. The van der Waals surface area contributed by atoms with Crippen LogP contribution in [0.5, 0.6) is 17.2 Å². The van der Waals surface area contributed by atoms with Crippen LogP contribution in [-0.4, -0.2) is 22.1 Å². The van der Waals surface area contributed by atoms with E-state index in [0.717, 1.165) is 5.56 Å². The number of methoxy groups -OCH3 is 1. The number of ether oxygens (including phenoxy) is 3. The van der Waals surface area contributed by atoms with Gasteiger partial charge in [-0.3, -0.25) is 0 Å². The van der Waals surface area contributed by atoms with Gasteiger partial charge in [0.1, 0.15) is 23.4 Å². The summed E-state index contributed by atoms with van der Waals surface area (Å²) in [6.45, 7) is -3.00. The molecule has 9 heteroatoms. The molecule has 1 aliphatic rings. The predicted octanol–water partition coefficient (Wildman–Crippen LogP) is 4.23. The first-order chi connectivity index (χ1) is 14.7. The molecule has 1 aliphatic heterocycles. The first-order valence-corrected chi connectivity index (χ1v) is 11.0. The third-order valence-corrected chi connectivity index (χ3v) is 5.64. The highest BCUT2D eigenvalue weighted by Crippen LogP contribution is 2.49. The fraction of sp³-hybridized carbons (Fsp3) is 0.182. The summed E-state index contributed by atoms with van der Waals surface area (Å²) in [5.74, 6) is 0.653. The Kier molecular flexibility index (Phi) is 5.55. The van der Waals surface area contributed by atoms with Gasteiger partial charge in [-0.1, -0.05) is 36.4 Å². The standard InChI is InChI=1S/C22H19F2NO5S/c1-28-15-8-6-14(7-9-15)21-17-11-13(12-31(25,26)27)5-10-16(17)20-18(29-21)3-2-4-19(20)30-22(23)24/h2-11,21-22H,12H2,1H3,(H2,25,26,27). The molecule has 6 nitrogen and oxygen atoms in total. The monoisotopic (exact) mass is 447 g/mol. The number of benzene rings is 3. The van der Waals surface area contributed by atoms with Crippen LogP contribution in [0.4, 0.5) is 8.78 Å². The Labute approximate surface area is 178 Å². The van der Waals surface area contributed by atoms with Crippen molar-refractivity contribution in [2.45, 2.75) is 18.5 Å². The van der Waals surface area contributed by atoms with Gasteiger partial charge in [0.05, 0.1) is 18.4 Å². The zero-order valence-corrected chi connectivity index (χ0v) is 17.2. The lowest BCUT2D eigenvalue weighted by atomic mass is 9.88. The van der Waals surface area contributed by atoms with Crippen molar-refractivity contribution in [3.05, 3.63) is 77.4 Å². The number of halogens is 2. The van der Waals surface area contributed by atoms with Crippen molar-refractivity contribution in [2.75, 3.05) is 7.11 Å². The molecule has 4 rings (SSSR count). The third kappa shape index (κ3) is 4.47. The van der Waals surface area contributed by atoms with E-state index in [0.29, 0.717) is 33.8 Å². The summed E-state index contributed by atoms with van der Waals surface area (Å²) in [5, 5.41) is 5.20. The molecule has 3 aromatic carbocycles. The second kappa shape index (κ2) is 8.16. The van der Waals surface area contributed by atoms with E-state index >= 15 is 0 Å². The maximum absolute atomic E-state index is 13.0. The molecule has 0 bridgehead atoms. The molecule has 1 heterocycles. The van der Waals surface area contributed by atoms with Gasteiger partial charge < -0.3 is 14.2 Å². The quantitative estimate of drug-likeness (QED) is 0.611. The van der Waals surface area contributed by atoms with Crippen LogP contribution in [0, 0.1) is 0 Å². The van der Waals surface area contributed by atoms with Crippen molar-refractivity contribution in [3.63, 3.8) is 0 Å². The molecular formula is C22H19F2NO5S. The van der Waals surface area contributed by atoms with E-state index in [-0.39, 0.29) is 11.5 Å². The Morgan fingerprint density at radius 2 is 1.84 bits per heavy atom. The maximum Gasteiger partial charge on any atom is 0.387 e. The molecule has 0 spiro atoms. The van der Waals surface area contributed by atoms with Gasteiger partial charge >= 0.3 is 6.61 Å². The number of hydrogen-bond acceptors (Lipinski definition) is 5. The van der Waals surface area contributed by atoms with Gasteiger partial charge in [-0.25, -0.2) is 13.6 Å². The summed E-state index contributed by atoms with van der Waals surface area (Å²) in [7, 11) is -2.20. The zero-order chi connectivity index (χ0) is 22.2. The molecule has 1 unspecified atom stereocenters. The average molecular weight is 447 g/mol. The minimum absolute atomic E-state index is 0.0267. The van der Waals surface area contributed by atoms with E-state index in [1.54, 1.807) is 49.6 Å². The Morgan fingerprint density at radius 1 is 1.10 bits per heavy atom. The topological polar surface area (TPSA) is 87.8 Å². The second-order valence-corrected chi connectivity index (χ2v) is 8.62. The number of fused-ring (bicyclic) bond motifs is 3. The Morgan fingerprint density at radius 3 is 2.48 bits per heavy atom. The highest BCUT2D eigenvalue weighted by molar-refractivity contribution is 7.88. The number of primary sulfonamides is 1. The molecule has 0 amide bonds. The van der Waals surface area contributed by atoms with E-state index in [2.05, 4.69) is 0 Å². The molecular weight excluding hydrogens is 428 g/mol. The number of sulfonamides is 1. The van der Waals surface area contributed by atoms with Crippen molar-refractivity contribution in [1.82, 2.24) is 0 Å². The lowest BCUT2D eigenvalue weighted by Gasteiger charge is -2.30. The molecule has 0 aliphatic carbocycles. The normalized spacial score (nSPS) is 15.1. The van der Waals surface area contributed by atoms with Gasteiger partial charge in [-0.05, 0) is 41.0 Å². The molecule has 0 saturated carbocycles. The molecule has 0 fully saturated rings. The number of rotatable bonds is 6. The number of alkyl halides is 2. The lowest BCUT2D eigenvalue weighted by Crippen LogP contribution is -2.18. The van der Waals surface area contributed by atoms with Crippen LogP contribution >= 0.6 is 0 Å². The van der Waals surface area contributed by atoms with Crippen LogP contribution in [0.1, 0.15) is 22.8 Å². The molecule has 2 N–H and O–H groups in total. The molecule has 3 aromatic rings. The lowest BCUT2D eigenvalue weighted by molar-refractivity contribution is -0.0496. The van der Waals surface area contributed by atoms with E-state index in [9.17, 15) is 17.2 Å². The summed E-state index contributed by atoms with van der Waals surface area (Å²) < 4.78 is 65.2. The highest BCUT2D eigenvalue weighted by Gasteiger charge is 2.31. The SMILES string of the molecule is COc1ccc(C2Oc3cccc(OC(F)F)c3-c3ccc(CS(N)(=O)=O)cc32)cc1. The van der Waals surface area contributed by atoms with Crippen LogP contribution in [0.2, 0.25) is 0 Å². The highest BCUT2D eigenvalue weighted by atomic mass is 32.2. The largest absolute Gasteiger partial charge is 0.497 e. The average Bonchev–Trinajstić information content (AvgIpc) is 2.71. The molecule has 31 heavy (non-hydrogen) atoms. The zero-order valence-electron chi connectivity index (χ0n) is 16.4. The summed E-state index contributed by atoms with van der Waals surface area (Å²) in [6, 6.07) is 16.8. The van der Waals surface area contributed by atoms with Crippen LogP contribution in [0.15, 0.2) is 60.7 Å². The predicted molar refractivity (Wildman–Crippen MR) is 111 cm³/mol. The van der Waals surface area contributed by atoms with Crippen molar-refractivity contribution in [1.29, 1.82) is 0 Å². The minimum atomic E-state index is -3.76. The summed E-state index contributed by atoms with van der Waals surface area (Å²) >= 11 is 0. The van der Waals surface area contributed by atoms with Crippen LogP contribution < -0.4 is 19.3 Å². The first kappa shape index (κ1) is 21.1. The van der Waals surface area contributed by atoms with E-state index < -0.39 is 22.7 Å². The molecule has 0 radical (unpaired) electrons. The van der Waals surface area contributed by atoms with Crippen molar-refractivity contribution in [3.8, 4) is 28.4 Å². The maximum atomic E-state index is 13.0. The van der Waals surface area contributed by atoms with Crippen LogP contribution in [0.25, 0.3) is 11.1 Å². The van der Waals surface area contributed by atoms with Gasteiger partial charge in [-0.2, -0.15) is 8.78 Å². The minimum Gasteiger partial charge on any atom is -0.497 e. The molecule has 0 aromatic heterocycles. The van der Waals surface area contributed by atoms with Gasteiger partial charge in [0.25, 0.3) is 0 Å². The molecule has 0 saturated heterocycles. The van der Waals surface area contributed by atoms with Gasteiger partial charge in [0.15, 0.2) is 0 Å².